The molecule has 0 N–H and O–H groups in total. The molecule has 4 unspecified atom stereocenters. The molecule has 4 heteroatoms. The number of hydrogen-bond donors (Lipinski definition) is 0. The van der Waals surface area contributed by atoms with Crippen LogP contribution in [0.1, 0.15) is 52.9 Å². The molecule has 124 valence electrons. The molecule has 2 aliphatic heterocycles. The first-order valence-electron chi connectivity index (χ1n) is 8.53. The summed E-state index contributed by atoms with van der Waals surface area (Å²) in [6.07, 6.45) is 7.83. The molecule has 0 bridgehead atoms. The van der Waals surface area contributed by atoms with Crippen LogP contribution in [0.25, 0.3) is 0 Å². The lowest BCUT2D eigenvalue weighted by Gasteiger charge is -2.48. The van der Waals surface area contributed by atoms with Crippen molar-refractivity contribution in [3.63, 3.8) is 0 Å². The maximum atomic E-state index is 12.8. The topological polar surface area (TPSA) is 52.6 Å². The maximum Gasteiger partial charge on any atom is 0.338 e. The summed E-state index contributed by atoms with van der Waals surface area (Å²) in [4.78, 5) is 25.4. The van der Waals surface area contributed by atoms with Crippen LogP contribution in [-0.4, -0.2) is 23.1 Å². The molecule has 0 aromatic rings. The maximum absolute atomic E-state index is 12.8. The fourth-order valence-corrected chi connectivity index (χ4v) is 5.43. The number of esters is 2. The van der Waals surface area contributed by atoms with Crippen LogP contribution in [0.4, 0.5) is 0 Å². The molecule has 2 aliphatic carbocycles. The lowest BCUT2D eigenvalue weighted by Crippen LogP contribution is -2.58. The van der Waals surface area contributed by atoms with Crippen molar-refractivity contribution in [2.75, 3.05) is 0 Å². The zero-order chi connectivity index (χ0) is 16.7. The smallest absolute Gasteiger partial charge is 0.338 e. The second-order valence-electron chi connectivity index (χ2n) is 8.57. The average molecular weight is 316 g/mol. The first-order valence-corrected chi connectivity index (χ1v) is 8.53. The van der Waals surface area contributed by atoms with Crippen molar-refractivity contribution in [1.82, 2.24) is 0 Å². The largest absolute Gasteiger partial charge is 0.450 e. The Labute approximate surface area is 136 Å². The van der Waals surface area contributed by atoms with Gasteiger partial charge in [-0.2, -0.15) is 0 Å². The van der Waals surface area contributed by atoms with Crippen LogP contribution in [0.2, 0.25) is 0 Å². The molecule has 0 aromatic carbocycles. The minimum atomic E-state index is -0.883. The van der Waals surface area contributed by atoms with Gasteiger partial charge in [-0.3, -0.25) is 4.79 Å². The Bertz CT molecular complexity index is 660. The fraction of sp³-hybridized carbons (Fsp3) is 0.684. The summed E-state index contributed by atoms with van der Waals surface area (Å²) < 4.78 is 11.9. The van der Waals surface area contributed by atoms with E-state index in [1.165, 1.54) is 0 Å². The van der Waals surface area contributed by atoms with E-state index in [1.54, 1.807) is 0 Å². The summed E-state index contributed by atoms with van der Waals surface area (Å²) in [5, 5.41) is 0. The molecule has 4 atom stereocenters. The lowest BCUT2D eigenvalue weighted by atomic mass is 9.55. The molecular weight excluding hydrogens is 292 g/mol. The molecule has 0 radical (unpaired) electrons. The van der Waals surface area contributed by atoms with E-state index < -0.39 is 11.2 Å². The van der Waals surface area contributed by atoms with Gasteiger partial charge < -0.3 is 9.47 Å². The Morgan fingerprint density at radius 3 is 2.57 bits per heavy atom. The number of ether oxygens (including phenoxy) is 2. The van der Waals surface area contributed by atoms with E-state index >= 15 is 0 Å². The normalized spacial score (nSPS) is 46.9. The summed E-state index contributed by atoms with van der Waals surface area (Å²) in [7, 11) is 0. The van der Waals surface area contributed by atoms with Gasteiger partial charge in [-0.25, -0.2) is 4.79 Å². The van der Waals surface area contributed by atoms with E-state index in [9.17, 15) is 9.59 Å². The van der Waals surface area contributed by atoms with Crippen LogP contribution in [0, 0.1) is 16.7 Å². The van der Waals surface area contributed by atoms with Crippen molar-refractivity contribution in [3.8, 4) is 0 Å². The van der Waals surface area contributed by atoms with Crippen LogP contribution >= 0.6 is 0 Å². The highest BCUT2D eigenvalue weighted by atomic mass is 16.6. The summed E-state index contributed by atoms with van der Waals surface area (Å²) in [5.41, 5.74) is -1.61. The molecule has 3 fully saturated rings. The van der Waals surface area contributed by atoms with Gasteiger partial charge in [-0.05, 0) is 37.5 Å². The number of rotatable bonds is 1. The van der Waals surface area contributed by atoms with Gasteiger partial charge in [0.05, 0.1) is 5.57 Å². The van der Waals surface area contributed by atoms with Gasteiger partial charge in [-0.1, -0.05) is 32.9 Å². The van der Waals surface area contributed by atoms with E-state index in [2.05, 4.69) is 27.4 Å². The summed E-state index contributed by atoms with van der Waals surface area (Å²) >= 11 is 0. The molecule has 2 saturated heterocycles. The molecular formula is C19H24O4. The molecule has 2 spiro atoms. The predicted molar refractivity (Wildman–Crippen MR) is 84.4 cm³/mol. The van der Waals surface area contributed by atoms with Crippen LogP contribution in [0.5, 0.6) is 0 Å². The van der Waals surface area contributed by atoms with E-state index in [0.29, 0.717) is 18.4 Å². The van der Waals surface area contributed by atoms with Gasteiger partial charge >= 0.3 is 11.9 Å². The van der Waals surface area contributed by atoms with Gasteiger partial charge in [0.25, 0.3) is 0 Å². The van der Waals surface area contributed by atoms with Crippen molar-refractivity contribution in [2.45, 2.75) is 64.1 Å². The minimum absolute atomic E-state index is 0.199. The Kier molecular flexibility index (Phi) is 2.66. The van der Waals surface area contributed by atoms with Crippen LogP contribution in [0.15, 0.2) is 24.3 Å². The minimum Gasteiger partial charge on any atom is -0.450 e. The predicted octanol–water partition coefficient (Wildman–Crippen LogP) is 3.32. The number of carbonyl (C=O) groups is 2. The third-order valence-corrected chi connectivity index (χ3v) is 6.70. The van der Waals surface area contributed by atoms with Crippen molar-refractivity contribution in [2.24, 2.45) is 16.7 Å². The summed E-state index contributed by atoms with van der Waals surface area (Å²) in [5.74, 6) is -0.880. The van der Waals surface area contributed by atoms with E-state index in [0.717, 1.165) is 19.3 Å². The Hall–Kier alpha value is -1.58. The van der Waals surface area contributed by atoms with Crippen LogP contribution < -0.4 is 0 Å². The Morgan fingerprint density at radius 1 is 1.13 bits per heavy atom. The fourth-order valence-electron chi connectivity index (χ4n) is 5.43. The highest BCUT2D eigenvalue weighted by molar-refractivity contribution is 5.99. The highest BCUT2D eigenvalue weighted by Crippen LogP contribution is 2.66. The Balaban J connectivity index is 1.92. The van der Waals surface area contributed by atoms with Crippen LogP contribution in [0.3, 0.4) is 0 Å². The number of allylic oxidation sites excluding steroid dienone is 2. The highest BCUT2D eigenvalue weighted by Gasteiger charge is 2.79. The molecule has 4 rings (SSSR count). The quantitative estimate of drug-likeness (QED) is 0.550. The van der Waals surface area contributed by atoms with Gasteiger partial charge in [0.2, 0.25) is 0 Å². The third-order valence-electron chi connectivity index (χ3n) is 6.70. The van der Waals surface area contributed by atoms with Crippen molar-refractivity contribution in [3.05, 3.63) is 24.3 Å². The second kappa shape index (κ2) is 4.08. The first kappa shape index (κ1) is 15.0. The molecule has 1 saturated carbocycles. The monoisotopic (exact) mass is 316 g/mol. The summed E-state index contributed by atoms with van der Waals surface area (Å²) in [6.45, 7) is 10.1. The van der Waals surface area contributed by atoms with Gasteiger partial charge in [0.15, 0.2) is 11.2 Å². The van der Waals surface area contributed by atoms with Crippen LogP contribution in [-0.2, 0) is 19.1 Å². The number of hydrogen-bond acceptors (Lipinski definition) is 4. The van der Waals surface area contributed by atoms with Gasteiger partial charge in [-0.15, -0.1) is 6.58 Å². The molecule has 0 aromatic heterocycles. The van der Waals surface area contributed by atoms with Crippen molar-refractivity contribution < 1.29 is 19.1 Å². The SMILES string of the molecule is C=CC1(C)C=C2C(=O)OC34CCCC(C)(C)C3C(=O)OC24CC1. The van der Waals surface area contributed by atoms with Crippen molar-refractivity contribution in [1.29, 1.82) is 0 Å². The number of carbonyl (C=O) groups excluding carboxylic acids is 2. The van der Waals surface area contributed by atoms with E-state index in [1.807, 2.05) is 12.2 Å². The summed E-state index contributed by atoms with van der Waals surface area (Å²) in [6, 6.07) is 0. The standard InChI is InChI=1S/C19H24O4/c1-5-17(4)9-10-18-12(11-17)14(20)22-19(18)8-6-7-16(2,3)13(19)15(21)23-18/h5,11,13H,1,6-10H2,2-4H3. The Morgan fingerprint density at radius 2 is 1.87 bits per heavy atom. The van der Waals surface area contributed by atoms with E-state index in [4.69, 9.17) is 9.47 Å². The van der Waals surface area contributed by atoms with Crippen molar-refractivity contribution >= 4 is 11.9 Å². The molecule has 4 nitrogen and oxygen atoms in total. The second-order valence-corrected chi connectivity index (χ2v) is 8.57. The molecule has 23 heavy (non-hydrogen) atoms. The van der Waals surface area contributed by atoms with Gasteiger partial charge in [0, 0.05) is 5.41 Å². The van der Waals surface area contributed by atoms with E-state index in [-0.39, 0.29) is 28.7 Å². The first-order chi connectivity index (χ1) is 10.7. The molecule has 2 heterocycles. The third kappa shape index (κ3) is 1.57. The molecule has 4 aliphatic rings. The molecule has 0 amide bonds. The average Bonchev–Trinajstić information content (AvgIpc) is 2.83. The lowest BCUT2D eigenvalue weighted by molar-refractivity contribution is -0.167. The zero-order valence-corrected chi connectivity index (χ0v) is 14.1. The van der Waals surface area contributed by atoms with Gasteiger partial charge in [0.1, 0.15) is 5.92 Å². The zero-order valence-electron chi connectivity index (χ0n) is 14.1.